The number of pyridine rings is 1. The van der Waals surface area contributed by atoms with E-state index in [1.54, 1.807) is 19.2 Å². The zero-order valence-electron chi connectivity index (χ0n) is 19.9. The molecule has 0 unspecified atom stereocenters. The molecule has 1 aliphatic rings. The van der Waals surface area contributed by atoms with E-state index in [9.17, 15) is 14.4 Å². The van der Waals surface area contributed by atoms with Crippen molar-refractivity contribution in [3.63, 3.8) is 0 Å². The lowest BCUT2D eigenvalue weighted by molar-refractivity contribution is -0.365. The molecule has 4 rings (SSSR count). The van der Waals surface area contributed by atoms with Crippen molar-refractivity contribution in [1.29, 1.82) is 0 Å². The number of carbonyl (C=O) groups is 1. The minimum Gasteiger partial charge on any atom is -0.493 e. The van der Waals surface area contributed by atoms with Crippen LogP contribution in [0.3, 0.4) is 0 Å². The Balaban J connectivity index is 2.26. The number of carbonyl (C=O) groups excluding carboxylic acids is 1. The Morgan fingerprint density at radius 2 is 1.48 bits per heavy atom. The second-order valence-electron chi connectivity index (χ2n) is 9.14. The number of aryl methyl sites for hydroxylation is 1. The minimum absolute atomic E-state index is 0.0703. The fourth-order valence-electron chi connectivity index (χ4n) is 4.72. The molecule has 1 aromatic carbocycles. The number of methoxy groups -OCH3 is 3. The molecule has 0 saturated heterocycles. The molecule has 0 atom stereocenters. The lowest BCUT2D eigenvalue weighted by atomic mass is 9.73. The first-order valence-electron chi connectivity index (χ1n) is 10.6. The lowest BCUT2D eigenvalue weighted by Crippen LogP contribution is -2.42. The Hall–Kier alpha value is -3.62. The Bertz CT molecular complexity index is 1410. The molecule has 0 spiro atoms. The average molecular weight is 455 g/mol. The number of ketones is 1. The van der Waals surface area contributed by atoms with E-state index in [1.807, 2.05) is 13.8 Å². The summed E-state index contributed by atoms with van der Waals surface area (Å²) in [6.45, 7) is 4.04. The molecule has 0 radical (unpaired) electrons. The number of aromatic amines is 1. The highest BCUT2D eigenvalue weighted by Crippen LogP contribution is 2.45. The van der Waals surface area contributed by atoms with E-state index in [1.165, 1.54) is 32.9 Å². The molecule has 0 amide bonds. The number of nitrogens with zero attached hydrogens (tertiary/aromatic N) is 2. The Morgan fingerprint density at radius 3 is 2.03 bits per heavy atom. The van der Waals surface area contributed by atoms with Crippen LogP contribution in [0.4, 0.5) is 0 Å². The summed E-state index contributed by atoms with van der Waals surface area (Å²) in [6.07, 6.45) is 0.924. The molecular weight excluding hydrogens is 426 g/mol. The third-order valence-electron chi connectivity index (χ3n) is 6.26. The highest BCUT2D eigenvalue weighted by Gasteiger charge is 2.38. The SMILES string of the molecule is COc1cc(-c2c3c([nH+]c4c2c(=O)n(C)c(=O)n4C)CC(C)(C)CC3=O)cc(OC)c1OC. The van der Waals surface area contributed by atoms with Crippen LogP contribution in [-0.4, -0.2) is 36.2 Å². The van der Waals surface area contributed by atoms with Gasteiger partial charge in [-0.05, 0) is 23.1 Å². The molecule has 174 valence electrons. The summed E-state index contributed by atoms with van der Waals surface area (Å²) in [6, 6.07) is 3.43. The molecule has 9 heteroatoms. The van der Waals surface area contributed by atoms with Crippen molar-refractivity contribution < 1.29 is 24.0 Å². The Labute approximate surface area is 190 Å². The summed E-state index contributed by atoms with van der Waals surface area (Å²) in [5.74, 6) is 1.12. The molecule has 2 heterocycles. The summed E-state index contributed by atoms with van der Waals surface area (Å²) in [7, 11) is 7.54. The zero-order valence-corrected chi connectivity index (χ0v) is 19.9. The van der Waals surface area contributed by atoms with Gasteiger partial charge in [-0.3, -0.25) is 9.59 Å². The molecule has 2 aromatic heterocycles. The van der Waals surface area contributed by atoms with E-state index in [0.29, 0.717) is 58.1 Å². The summed E-state index contributed by atoms with van der Waals surface area (Å²) in [5, 5.41) is 0.251. The van der Waals surface area contributed by atoms with Crippen LogP contribution in [0.25, 0.3) is 22.2 Å². The summed E-state index contributed by atoms with van der Waals surface area (Å²) in [5.41, 5.74) is 1.30. The largest absolute Gasteiger partial charge is 0.493 e. The molecule has 0 saturated carbocycles. The summed E-state index contributed by atoms with van der Waals surface area (Å²) >= 11 is 0. The molecule has 33 heavy (non-hydrogen) atoms. The number of aromatic nitrogens is 3. The van der Waals surface area contributed by atoms with Crippen LogP contribution in [0.5, 0.6) is 17.2 Å². The lowest BCUT2D eigenvalue weighted by Gasteiger charge is -2.30. The van der Waals surface area contributed by atoms with E-state index >= 15 is 0 Å². The number of hydrogen-bond acceptors (Lipinski definition) is 6. The second kappa shape index (κ2) is 7.75. The fourth-order valence-corrected chi connectivity index (χ4v) is 4.72. The van der Waals surface area contributed by atoms with Crippen LogP contribution < -0.4 is 30.4 Å². The highest BCUT2D eigenvalue weighted by atomic mass is 16.5. The number of ether oxygens (including phenoxy) is 3. The van der Waals surface area contributed by atoms with Crippen LogP contribution in [0.2, 0.25) is 0 Å². The normalized spacial score (nSPS) is 14.8. The maximum absolute atomic E-state index is 13.4. The summed E-state index contributed by atoms with van der Waals surface area (Å²) < 4.78 is 18.9. The van der Waals surface area contributed by atoms with Crippen LogP contribution in [-0.2, 0) is 20.5 Å². The van der Waals surface area contributed by atoms with E-state index in [-0.39, 0.29) is 16.6 Å². The van der Waals surface area contributed by atoms with Gasteiger partial charge < -0.3 is 14.2 Å². The molecule has 3 aromatic rings. The molecule has 1 aliphatic carbocycles. The van der Waals surface area contributed by atoms with Crippen molar-refractivity contribution in [2.75, 3.05) is 21.3 Å². The van der Waals surface area contributed by atoms with Gasteiger partial charge in [0.2, 0.25) is 5.75 Å². The van der Waals surface area contributed by atoms with Gasteiger partial charge in [0, 0.05) is 25.5 Å². The van der Waals surface area contributed by atoms with Crippen molar-refractivity contribution in [1.82, 2.24) is 9.13 Å². The van der Waals surface area contributed by atoms with Crippen molar-refractivity contribution in [2.45, 2.75) is 26.7 Å². The Morgan fingerprint density at radius 1 is 0.879 bits per heavy atom. The van der Waals surface area contributed by atoms with E-state index in [2.05, 4.69) is 4.98 Å². The number of rotatable bonds is 4. The van der Waals surface area contributed by atoms with Crippen molar-refractivity contribution in [2.24, 2.45) is 19.5 Å². The second-order valence-corrected chi connectivity index (χ2v) is 9.14. The third-order valence-corrected chi connectivity index (χ3v) is 6.26. The standard InChI is InChI=1S/C24H27N3O6/c1-24(2)10-13-18(14(28)11-24)17(12-8-15(31-5)20(33-7)16(9-12)32-6)19-21(25-13)26(3)23(30)27(4)22(19)29/h8-9H,10-11H2,1-7H3/p+1. The number of Topliss-reactive ketones (excluding diaryl/α,β-unsaturated/α-hetero) is 1. The predicted octanol–water partition coefficient (Wildman–Crippen LogP) is 1.90. The number of H-pyrrole nitrogens is 1. The maximum atomic E-state index is 13.4. The van der Waals surface area contributed by atoms with Crippen molar-refractivity contribution >= 4 is 16.8 Å². The van der Waals surface area contributed by atoms with Crippen LogP contribution >= 0.6 is 0 Å². The van der Waals surface area contributed by atoms with Gasteiger partial charge in [-0.2, -0.15) is 4.57 Å². The van der Waals surface area contributed by atoms with Gasteiger partial charge in [-0.1, -0.05) is 13.8 Å². The smallest absolute Gasteiger partial charge is 0.417 e. The van der Waals surface area contributed by atoms with Gasteiger partial charge in [-0.15, -0.1) is 0 Å². The van der Waals surface area contributed by atoms with Gasteiger partial charge in [0.15, 0.2) is 17.3 Å². The first-order valence-corrected chi connectivity index (χ1v) is 10.6. The number of fused-ring (bicyclic) bond motifs is 2. The van der Waals surface area contributed by atoms with Gasteiger partial charge in [0.1, 0.15) is 11.1 Å². The molecular formula is C24H28N3O6+. The zero-order chi connectivity index (χ0) is 24.2. The van der Waals surface area contributed by atoms with Crippen LogP contribution in [0.1, 0.15) is 36.3 Å². The molecule has 0 aliphatic heterocycles. The highest BCUT2D eigenvalue weighted by molar-refractivity contribution is 6.10. The van der Waals surface area contributed by atoms with Crippen molar-refractivity contribution in [3.05, 3.63) is 44.2 Å². The van der Waals surface area contributed by atoms with Crippen LogP contribution in [0.15, 0.2) is 21.7 Å². The van der Waals surface area contributed by atoms with E-state index in [0.717, 1.165) is 4.57 Å². The minimum atomic E-state index is -0.492. The van der Waals surface area contributed by atoms with Gasteiger partial charge in [-0.25, -0.2) is 14.3 Å². The first-order chi connectivity index (χ1) is 15.5. The van der Waals surface area contributed by atoms with Crippen molar-refractivity contribution in [3.8, 4) is 28.4 Å². The average Bonchev–Trinajstić information content (AvgIpc) is 2.78. The topological polar surface area (TPSA) is 103 Å². The quantitative estimate of drug-likeness (QED) is 0.597. The van der Waals surface area contributed by atoms with Gasteiger partial charge >= 0.3 is 5.69 Å². The maximum Gasteiger partial charge on any atom is 0.417 e. The van der Waals surface area contributed by atoms with E-state index < -0.39 is 11.2 Å². The van der Waals surface area contributed by atoms with Gasteiger partial charge in [0.25, 0.3) is 11.2 Å². The predicted molar refractivity (Wildman–Crippen MR) is 123 cm³/mol. The Kier molecular flexibility index (Phi) is 5.30. The number of hydrogen-bond donors (Lipinski definition) is 0. The molecule has 0 fully saturated rings. The molecule has 0 bridgehead atoms. The number of nitrogens with one attached hydrogen (secondary N) is 1. The fraction of sp³-hybridized carbons (Fsp3) is 0.417. The third kappa shape index (κ3) is 3.39. The molecule has 9 nitrogen and oxygen atoms in total. The first kappa shape index (κ1) is 22.6. The summed E-state index contributed by atoms with van der Waals surface area (Å²) in [4.78, 5) is 42.7. The van der Waals surface area contributed by atoms with Gasteiger partial charge in [0.05, 0.1) is 33.9 Å². The monoisotopic (exact) mass is 454 g/mol. The van der Waals surface area contributed by atoms with Crippen LogP contribution in [0, 0.1) is 5.41 Å². The molecule has 1 N–H and O–H groups in total. The van der Waals surface area contributed by atoms with E-state index in [4.69, 9.17) is 14.2 Å². The number of benzene rings is 1.